The van der Waals surface area contributed by atoms with Crippen LogP contribution in [0, 0.1) is 11.8 Å². The van der Waals surface area contributed by atoms with E-state index < -0.39 is 11.7 Å². The van der Waals surface area contributed by atoms with E-state index in [1.807, 2.05) is 4.90 Å². The highest BCUT2D eigenvalue weighted by atomic mass is 19.4. The Balaban J connectivity index is 1.79. The van der Waals surface area contributed by atoms with Crippen molar-refractivity contribution in [3.8, 4) is 0 Å². The molecule has 1 aromatic rings. The minimum atomic E-state index is -4.32. The van der Waals surface area contributed by atoms with E-state index in [2.05, 4.69) is 10.3 Å². The first-order valence-corrected chi connectivity index (χ1v) is 6.52. The predicted octanol–water partition coefficient (Wildman–Crippen LogP) is 2.15. The molecule has 0 unspecified atom stereocenters. The lowest BCUT2D eigenvalue weighted by atomic mass is 9.88. The third-order valence-electron chi connectivity index (χ3n) is 4.12. The maximum absolute atomic E-state index is 12.7. The van der Waals surface area contributed by atoms with Gasteiger partial charge in [-0.05, 0) is 37.4 Å². The monoisotopic (exact) mass is 271 g/mol. The van der Waals surface area contributed by atoms with Gasteiger partial charge in [-0.15, -0.1) is 0 Å². The number of pyridine rings is 1. The quantitative estimate of drug-likeness (QED) is 0.848. The van der Waals surface area contributed by atoms with E-state index in [0.717, 1.165) is 38.8 Å². The topological polar surface area (TPSA) is 28.2 Å². The van der Waals surface area contributed by atoms with Gasteiger partial charge in [-0.25, -0.2) is 0 Å². The number of hydrogen-bond acceptors (Lipinski definition) is 3. The molecule has 0 radical (unpaired) electrons. The van der Waals surface area contributed by atoms with Crippen LogP contribution in [0.5, 0.6) is 0 Å². The van der Waals surface area contributed by atoms with Crippen molar-refractivity contribution in [1.82, 2.24) is 10.3 Å². The lowest BCUT2D eigenvalue weighted by Crippen LogP contribution is -2.40. The second-order valence-electron chi connectivity index (χ2n) is 5.34. The summed E-state index contributed by atoms with van der Waals surface area (Å²) in [5.74, 6) is 1.22. The van der Waals surface area contributed by atoms with E-state index in [1.54, 1.807) is 0 Å². The maximum atomic E-state index is 12.7. The van der Waals surface area contributed by atoms with Crippen LogP contribution in [-0.2, 0) is 6.18 Å². The van der Waals surface area contributed by atoms with Crippen molar-refractivity contribution in [1.29, 1.82) is 0 Å². The van der Waals surface area contributed by atoms with Crippen LogP contribution in [0.25, 0.3) is 0 Å². The number of rotatable bonds is 1. The van der Waals surface area contributed by atoms with E-state index in [4.69, 9.17) is 0 Å². The van der Waals surface area contributed by atoms with Gasteiger partial charge in [0.2, 0.25) is 0 Å². The largest absolute Gasteiger partial charge is 0.417 e. The number of anilines is 1. The summed E-state index contributed by atoms with van der Waals surface area (Å²) in [5, 5.41) is 3.35. The Labute approximate surface area is 109 Å². The number of nitrogens with zero attached hydrogens (tertiary/aromatic N) is 2. The van der Waals surface area contributed by atoms with Crippen molar-refractivity contribution < 1.29 is 13.2 Å². The first-order valence-electron chi connectivity index (χ1n) is 6.52. The number of aromatic nitrogens is 1. The summed E-state index contributed by atoms with van der Waals surface area (Å²) in [6.45, 7) is 3.64. The molecule has 2 aliphatic rings. The van der Waals surface area contributed by atoms with Gasteiger partial charge in [0, 0.05) is 19.3 Å². The molecule has 1 aromatic heterocycles. The smallest absolute Gasteiger partial charge is 0.370 e. The van der Waals surface area contributed by atoms with Gasteiger partial charge in [0.1, 0.15) is 0 Å². The minimum absolute atomic E-state index is 0.545. The molecule has 3 rings (SSSR count). The molecule has 3 heterocycles. The average Bonchev–Trinajstić information content (AvgIpc) is 2.85. The molecule has 2 saturated heterocycles. The van der Waals surface area contributed by atoms with Crippen LogP contribution in [0.1, 0.15) is 12.0 Å². The van der Waals surface area contributed by atoms with Crippen LogP contribution in [0.2, 0.25) is 0 Å². The highest BCUT2D eigenvalue weighted by molar-refractivity contribution is 5.47. The zero-order valence-corrected chi connectivity index (χ0v) is 10.5. The molecule has 0 aliphatic carbocycles. The van der Waals surface area contributed by atoms with Crippen LogP contribution < -0.4 is 10.2 Å². The Kier molecular flexibility index (Phi) is 3.12. The Morgan fingerprint density at radius 2 is 2.00 bits per heavy atom. The van der Waals surface area contributed by atoms with Crippen molar-refractivity contribution in [2.75, 3.05) is 31.1 Å². The highest BCUT2D eigenvalue weighted by Gasteiger charge is 2.34. The molecule has 6 heteroatoms. The zero-order chi connectivity index (χ0) is 13.5. The summed E-state index contributed by atoms with van der Waals surface area (Å²) in [7, 11) is 0. The number of piperidine rings is 1. The summed E-state index contributed by atoms with van der Waals surface area (Å²) >= 11 is 0. The second kappa shape index (κ2) is 4.67. The number of fused-ring (bicyclic) bond motifs is 1. The van der Waals surface area contributed by atoms with Crippen LogP contribution in [0.15, 0.2) is 18.5 Å². The molecule has 2 aliphatic heterocycles. The molecule has 2 atom stereocenters. The third kappa shape index (κ3) is 2.54. The van der Waals surface area contributed by atoms with Crippen molar-refractivity contribution in [3.63, 3.8) is 0 Å². The first kappa shape index (κ1) is 12.7. The predicted molar refractivity (Wildman–Crippen MR) is 65.9 cm³/mol. The van der Waals surface area contributed by atoms with Crippen LogP contribution in [0.4, 0.5) is 18.9 Å². The second-order valence-corrected chi connectivity index (χ2v) is 5.34. The molecule has 0 aromatic carbocycles. The molecule has 19 heavy (non-hydrogen) atoms. The fraction of sp³-hybridized carbons (Fsp3) is 0.615. The van der Waals surface area contributed by atoms with E-state index >= 15 is 0 Å². The molecule has 0 bridgehead atoms. The molecule has 0 amide bonds. The van der Waals surface area contributed by atoms with Crippen molar-refractivity contribution >= 4 is 5.69 Å². The van der Waals surface area contributed by atoms with Crippen molar-refractivity contribution in [3.05, 3.63) is 24.0 Å². The standard InChI is InChI=1S/C13H16F3N3/c14-13(15,16)11-3-12(7-18-6-11)19-2-1-9-4-17-5-10(9)8-19/h3,6-7,9-10,17H,1-2,4-5,8H2/t9-,10-/m1/s1. The average molecular weight is 271 g/mol. The SMILES string of the molecule is FC(F)(F)c1cncc(N2CC[C@@H]3CNC[C@@H]3C2)c1. The van der Waals surface area contributed by atoms with E-state index in [1.165, 1.54) is 12.3 Å². The molecular weight excluding hydrogens is 255 g/mol. The van der Waals surface area contributed by atoms with Gasteiger partial charge in [-0.3, -0.25) is 4.98 Å². The van der Waals surface area contributed by atoms with Crippen molar-refractivity contribution in [2.24, 2.45) is 11.8 Å². The van der Waals surface area contributed by atoms with Gasteiger partial charge >= 0.3 is 6.18 Å². The number of halogens is 3. The molecular formula is C13H16F3N3. The summed E-state index contributed by atoms with van der Waals surface area (Å²) in [6, 6.07) is 1.20. The summed E-state index contributed by atoms with van der Waals surface area (Å²) in [4.78, 5) is 5.76. The first-order chi connectivity index (χ1) is 9.04. The molecule has 2 fully saturated rings. The minimum Gasteiger partial charge on any atom is -0.370 e. The van der Waals surface area contributed by atoms with E-state index in [9.17, 15) is 13.2 Å². The van der Waals surface area contributed by atoms with Crippen LogP contribution >= 0.6 is 0 Å². The van der Waals surface area contributed by atoms with Crippen LogP contribution in [-0.4, -0.2) is 31.2 Å². The number of nitrogens with one attached hydrogen (secondary N) is 1. The van der Waals surface area contributed by atoms with Crippen molar-refractivity contribution in [2.45, 2.75) is 12.6 Å². The normalized spacial score (nSPS) is 27.4. The number of alkyl halides is 3. The molecule has 104 valence electrons. The molecule has 3 nitrogen and oxygen atoms in total. The Morgan fingerprint density at radius 1 is 1.21 bits per heavy atom. The zero-order valence-electron chi connectivity index (χ0n) is 10.5. The van der Waals surface area contributed by atoms with Crippen LogP contribution in [0.3, 0.4) is 0 Å². The van der Waals surface area contributed by atoms with Gasteiger partial charge in [-0.2, -0.15) is 13.2 Å². The van der Waals surface area contributed by atoms with Gasteiger partial charge in [0.05, 0.1) is 17.4 Å². The fourth-order valence-corrected chi connectivity index (χ4v) is 3.03. The highest BCUT2D eigenvalue weighted by Crippen LogP contribution is 2.33. The Hall–Kier alpha value is -1.30. The van der Waals surface area contributed by atoms with Gasteiger partial charge in [-0.1, -0.05) is 0 Å². The maximum Gasteiger partial charge on any atom is 0.417 e. The summed E-state index contributed by atoms with van der Waals surface area (Å²) in [5.41, 5.74) is -0.0863. The van der Waals surface area contributed by atoms with Gasteiger partial charge < -0.3 is 10.2 Å². The van der Waals surface area contributed by atoms with Gasteiger partial charge in [0.15, 0.2) is 0 Å². The number of hydrogen-bond donors (Lipinski definition) is 1. The molecule has 0 spiro atoms. The summed E-state index contributed by atoms with van der Waals surface area (Å²) < 4.78 is 38.0. The van der Waals surface area contributed by atoms with E-state index in [-0.39, 0.29) is 0 Å². The lowest BCUT2D eigenvalue weighted by Gasteiger charge is -2.36. The summed E-state index contributed by atoms with van der Waals surface area (Å²) in [6.07, 6.45) is -0.879. The molecule has 1 N–H and O–H groups in total. The van der Waals surface area contributed by atoms with E-state index in [0.29, 0.717) is 17.5 Å². The fourth-order valence-electron chi connectivity index (χ4n) is 3.03. The third-order valence-corrected chi connectivity index (χ3v) is 4.12. The lowest BCUT2D eigenvalue weighted by molar-refractivity contribution is -0.137. The Bertz CT molecular complexity index is 461. The van der Waals surface area contributed by atoms with Gasteiger partial charge in [0.25, 0.3) is 0 Å². The molecule has 0 saturated carbocycles. The Morgan fingerprint density at radius 3 is 2.79 bits per heavy atom.